The number of hydrogen-bond acceptors (Lipinski definition) is 1. The van der Waals surface area contributed by atoms with Crippen LogP contribution in [0.2, 0.25) is 0 Å². The molecule has 0 aliphatic carbocycles. The molecule has 1 aromatic carbocycles. The summed E-state index contributed by atoms with van der Waals surface area (Å²) >= 11 is 0. The van der Waals surface area contributed by atoms with E-state index in [9.17, 15) is 4.39 Å². The van der Waals surface area contributed by atoms with E-state index in [0.717, 1.165) is 12.1 Å². The standard InChI is InChI=1S/C13H18FN/c1-10(2)15-9-11(3)8-12-6-4-5-7-13(12)14/h4-8,10,15H,9H2,1-3H3. The molecule has 0 aliphatic rings. The van der Waals surface area contributed by atoms with Gasteiger partial charge in [0, 0.05) is 18.2 Å². The van der Waals surface area contributed by atoms with Gasteiger partial charge in [0.2, 0.25) is 0 Å². The van der Waals surface area contributed by atoms with E-state index >= 15 is 0 Å². The minimum Gasteiger partial charge on any atom is -0.311 e. The molecule has 0 aromatic heterocycles. The molecule has 0 saturated heterocycles. The Balaban J connectivity index is 2.66. The summed E-state index contributed by atoms with van der Waals surface area (Å²) in [6, 6.07) is 7.27. The van der Waals surface area contributed by atoms with E-state index < -0.39 is 0 Å². The number of nitrogens with one attached hydrogen (secondary N) is 1. The fourth-order valence-electron chi connectivity index (χ4n) is 1.27. The topological polar surface area (TPSA) is 12.0 Å². The molecular weight excluding hydrogens is 189 g/mol. The predicted molar refractivity (Wildman–Crippen MR) is 63.2 cm³/mol. The average molecular weight is 207 g/mol. The smallest absolute Gasteiger partial charge is 0.130 e. The Morgan fingerprint density at radius 3 is 2.67 bits per heavy atom. The van der Waals surface area contributed by atoms with Gasteiger partial charge in [0.05, 0.1) is 0 Å². The summed E-state index contributed by atoms with van der Waals surface area (Å²) in [6.07, 6.45) is 1.88. The van der Waals surface area contributed by atoms with Crippen molar-refractivity contribution in [2.24, 2.45) is 0 Å². The van der Waals surface area contributed by atoms with Crippen LogP contribution in [0.3, 0.4) is 0 Å². The van der Waals surface area contributed by atoms with Gasteiger partial charge in [-0.25, -0.2) is 4.39 Å². The van der Waals surface area contributed by atoms with Crippen molar-refractivity contribution in [1.82, 2.24) is 5.32 Å². The van der Waals surface area contributed by atoms with Crippen LogP contribution in [0.4, 0.5) is 4.39 Å². The van der Waals surface area contributed by atoms with Gasteiger partial charge in [0.1, 0.15) is 5.82 Å². The van der Waals surface area contributed by atoms with Gasteiger partial charge in [0.15, 0.2) is 0 Å². The molecular formula is C13H18FN. The minimum absolute atomic E-state index is 0.165. The van der Waals surface area contributed by atoms with E-state index in [1.54, 1.807) is 12.1 Å². The highest BCUT2D eigenvalue weighted by Crippen LogP contribution is 2.10. The van der Waals surface area contributed by atoms with E-state index in [2.05, 4.69) is 19.2 Å². The molecule has 0 radical (unpaired) electrons. The van der Waals surface area contributed by atoms with Crippen LogP contribution in [-0.4, -0.2) is 12.6 Å². The Kier molecular flexibility index (Phi) is 4.50. The van der Waals surface area contributed by atoms with Gasteiger partial charge in [-0.1, -0.05) is 43.7 Å². The van der Waals surface area contributed by atoms with Crippen LogP contribution in [0.1, 0.15) is 26.3 Å². The van der Waals surface area contributed by atoms with Crippen molar-refractivity contribution in [1.29, 1.82) is 0 Å². The van der Waals surface area contributed by atoms with Crippen molar-refractivity contribution < 1.29 is 4.39 Å². The lowest BCUT2D eigenvalue weighted by Gasteiger charge is -2.08. The van der Waals surface area contributed by atoms with Gasteiger partial charge in [-0.15, -0.1) is 0 Å². The number of rotatable bonds is 4. The fourth-order valence-corrected chi connectivity index (χ4v) is 1.27. The molecule has 2 heteroatoms. The minimum atomic E-state index is -0.165. The lowest BCUT2D eigenvalue weighted by Crippen LogP contribution is -2.24. The lowest BCUT2D eigenvalue weighted by atomic mass is 10.1. The molecule has 0 saturated carbocycles. The third-order valence-corrected chi connectivity index (χ3v) is 2.10. The first-order valence-electron chi connectivity index (χ1n) is 5.24. The number of halogens is 1. The lowest BCUT2D eigenvalue weighted by molar-refractivity contribution is 0.619. The Morgan fingerprint density at radius 1 is 1.40 bits per heavy atom. The monoisotopic (exact) mass is 207 g/mol. The van der Waals surface area contributed by atoms with Crippen LogP contribution in [-0.2, 0) is 0 Å². The van der Waals surface area contributed by atoms with Crippen LogP contribution in [0.15, 0.2) is 29.8 Å². The van der Waals surface area contributed by atoms with Crippen LogP contribution < -0.4 is 5.32 Å². The SMILES string of the molecule is CC(=Cc1ccccc1F)CNC(C)C. The Labute approximate surface area is 91.0 Å². The Bertz CT molecular complexity index is 342. The largest absolute Gasteiger partial charge is 0.311 e. The van der Waals surface area contributed by atoms with Gasteiger partial charge < -0.3 is 5.32 Å². The second-order valence-electron chi connectivity index (χ2n) is 4.05. The summed E-state index contributed by atoms with van der Waals surface area (Å²) in [7, 11) is 0. The highest BCUT2D eigenvalue weighted by atomic mass is 19.1. The molecule has 0 atom stereocenters. The molecule has 1 rings (SSSR count). The first-order chi connectivity index (χ1) is 7.09. The fraction of sp³-hybridized carbons (Fsp3) is 0.385. The van der Waals surface area contributed by atoms with Gasteiger partial charge in [-0.3, -0.25) is 0 Å². The van der Waals surface area contributed by atoms with Gasteiger partial charge in [-0.2, -0.15) is 0 Å². The summed E-state index contributed by atoms with van der Waals surface area (Å²) in [6.45, 7) is 6.99. The zero-order valence-electron chi connectivity index (χ0n) is 9.55. The normalized spacial score (nSPS) is 12.2. The Morgan fingerprint density at radius 2 is 2.07 bits per heavy atom. The summed E-state index contributed by atoms with van der Waals surface area (Å²) in [5.41, 5.74) is 1.79. The Hall–Kier alpha value is -1.15. The second kappa shape index (κ2) is 5.66. The maximum Gasteiger partial charge on any atom is 0.130 e. The van der Waals surface area contributed by atoms with Crippen LogP contribution in [0.5, 0.6) is 0 Å². The summed E-state index contributed by atoms with van der Waals surface area (Å²) in [4.78, 5) is 0. The zero-order valence-corrected chi connectivity index (χ0v) is 9.55. The molecule has 1 N–H and O–H groups in total. The maximum absolute atomic E-state index is 13.3. The van der Waals surface area contributed by atoms with E-state index in [1.165, 1.54) is 6.07 Å². The first kappa shape index (κ1) is 11.9. The molecule has 0 heterocycles. The zero-order chi connectivity index (χ0) is 11.3. The van der Waals surface area contributed by atoms with Crippen LogP contribution in [0.25, 0.3) is 6.08 Å². The van der Waals surface area contributed by atoms with E-state index in [0.29, 0.717) is 11.6 Å². The van der Waals surface area contributed by atoms with Gasteiger partial charge in [0.25, 0.3) is 0 Å². The predicted octanol–water partition coefficient (Wildman–Crippen LogP) is 3.23. The first-order valence-corrected chi connectivity index (χ1v) is 5.24. The molecule has 0 unspecified atom stereocenters. The highest BCUT2D eigenvalue weighted by molar-refractivity contribution is 5.53. The number of benzene rings is 1. The molecule has 82 valence electrons. The third kappa shape index (κ3) is 4.26. The molecule has 0 amide bonds. The molecule has 0 fully saturated rings. The van der Waals surface area contributed by atoms with Crippen molar-refractivity contribution in [2.75, 3.05) is 6.54 Å². The summed E-state index contributed by atoms with van der Waals surface area (Å²) < 4.78 is 13.3. The highest BCUT2D eigenvalue weighted by Gasteiger charge is 1.98. The van der Waals surface area contributed by atoms with Crippen LogP contribution in [0, 0.1) is 5.82 Å². The van der Waals surface area contributed by atoms with Crippen molar-refractivity contribution in [3.05, 3.63) is 41.2 Å². The molecule has 0 bridgehead atoms. The maximum atomic E-state index is 13.3. The van der Waals surface area contributed by atoms with Gasteiger partial charge >= 0.3 is 0 Å². The van der Waals surface area contributed by atoms with Crippen molar-refractivity contribution >= 4 is 6.08 Å². The molecule has 1 aromatic rings. The molecule has 0 spiro atoms. The van der Waals surface area contributed by atoms with Crippen molar-refractivity contribution in [2.45, 2.75) is 26.8 Å². The van der Waals surface area contributed by atoms with Crippen LogP contribution >= 0.6 is 0 Å². The summed E-state index contributed by atoms with van der Waals surface area (Å²) in [5, 5.41) is 3.29. The van der Waals surface area contributed by atoms with Crippen molar-refractivity contribution in [3.8, 4) is 0 Å². The van der Waals surface area contributed by atoms with E-state index in [-0.39, 0.29) is 5.82 Å². The molecule has 15 heavy (non-hydrogen) atoms. The number of hydrogen-bond donors (Lipinski definition) is 1. The quantitative estimate of drug-likeness (QED) is 0.799. The van der Waals surface area contributed by atoms with E-state index in [1.807, 2.05) is 19.1 Å². The summed E-state index contributed by atoms with van der Waals surface area (Å²) in [5.74, 6) is -0.165. The second-order valence-corrected chi connectivity index (χ2v) is 4.05. The third-order valence-electron chi connectivity index (χ3n) is 2.10. The van der Waals surface area contributed by atoms with Gasteiger partial charge in [-0.05, 0) is 13.0 Å². The molecule has 1 nitrogen and oxygen atoms in total. The van der Waals surface area contributed by atoms with Crippen molar-refractivity contribution in [3.63, 3.8) is 0 Å². The molecule has 0 aliphatic heterocycles. The average Bonchev–Trinajstić information content (AvgIpc) is 2.18. The van der Waals surface area contributed by atoms with E-state index in [4.69, 9.17) is 0 Å².